The van der Waals surface area contributed by atoms with E-state index in [9.17, 15) is 0 Å². The lowest BCUT2D eigenvalue weighted by molar-refractivity contribution is 0.411. The van der Waals surface area contributed by atoms with E-state index < -0.39 is 0 Å². The summed E-state index contributed by atoms with van der Waals surface area (Å²) >= 11 is 0. The molecule has 10 rings (SSSR count). The van der Waals surface area contributed by atoms with Gasteiger partial charge in [-0.1, -0.05) is 115 Å². The summed E-state index contributed by atoms with van der Waals surface area (Å²) < 4.78 is 12.7. The number of hydrogen-bond acceptors (Lipinski definition) is 6. The maximum Gasteiger partial charge on any atom is 0.154 e. The van der Waals surface area contributed by atoms with Gasteiger partial charge in [-0.2, -0.15) is 0 Å². The molecule has 0 saturated carbocycles. The van der Waals surface area contributed by atoms with Crippen molar-refractivity contribution in [1.29, 1.82) is 0 Å². The lowest BCUT2D eigenvalue weighted by Gasteiger charge is -2.33. The first-order valence-electron chi connectivity index (χ1n) is 16.1. The number of hydrogen-bond donors (Lipinski definition) is 2. The number of benzene rings is 6. The Balaban J connectivity index is 1.16. The number of nitrogens with zero attached hydrogens (tertiary/aromatic N) is 2. The smallest absolute Gasteiger partial charge is 0.154 e. The summed E-state index contributed by atoms with van der Waals surface area (Å²) in [6.45, 7) is 0. The predicted octanol–water partition coefficient (Wildman–Crippen LogP) is 10.0. The highest BCUT2D eigenvalue weighted by atomic mass is 16.3. The molecule has 1 aliphatic heterocycles. The molecule has 48 heavy (non-hydrogen) atoms. The molecule has 228 valence electrons. The number of para-hydroxylation sites is 2. The van der Waals surface area contributed by atoms with Crippen molar-refractivity contribution in [3.8, 4) is 11.1 Å². The monoisotopic (exact) mass is 620 g/mol. The van der Waals surface area contributed by atoms with Crippen LogP contribution in [0, 0.1) is 0 Å². The lowest BCUT2D eigenvalue weighted by Crippen LogP contribution is -2.45. The Hall–Kier alpha value is -6.24. The van der Waals surface area contributed by atoms with E-state index in [4.69, 9.17) is 18.8 Å². The van der Waals surface area contributed by atoms with Crippen molar-refractivity contribution in [2.45, 2.75) is 12.3 Å². The Morgan fingerprint density at radius 3 is 2.17 bits per heavy atom. The Morgan fingerprint density at radius 1 is 0.542 bits per heavy atom. The standard InChI is InChI=1S/C42H28N4O2/c1-2-12-25(13-3-1)40-44-41(46-42(45-40)31-19-11-22-34-37(31)30-17-7-9-21-33(30)47-34)29-16-6-5-15-27(29)28-18-10-23-35-38(28)39-36(48-35)24-26-14-4-8-20-32(26)43-39/h1-24,41-42,46H,(H,44,45). The number of furan rings is 2. The fraction of sp³-hybridized carbons (Fsp3) is 0.0476. The zero-order valence-corrected chi connectivity index (χ0v) is 25.7. The third-order valence-electron chi connectivity index (χ3n) is 9.37. The molecule has 0 saturated heterocycles. The molecule has 2 atom stereocenters. The number of fused-ring (bicyclic) bond motifs is 7. The van der Waals surface area contributed by atoms with Gasteiger partial charge in [0.2, 0.25) is 0 Å². The second kappa shape index (κ2) is 10.7. The first-order valence-corrected chi connectivity index (χ1v) is 16.1. The van der Waals surface area contributed by atoms with E-state index >= 15 is 0 Å². The average Bonchev–Trinajstić information content (AvgIpc) is 3.72. The normalized spacial score (nSPS) is 16.5. The fourth-order valence-electron chi connectivity index (χ4n) is 7.20. The van der Waals surface area contributed by atoms with Crippen LogP contribution >= 0.6 is 0 Å². The van der Waals surface area contributed by atoms with Crippen molar-refractivity contribution in [1.82, 2.24) is 15.6 Å². The molecule has 2 unspecified atom stereocenters. The van der Waals surface area contributed by atoms with E-state index in [2.05, 4.69) is 89.5 Å². The molecular formula is C42H28N4O2. The number of nitrogens with one attached hydrogen (secondary N) is 2. The van der Waals surface area contributed by atoms with Gasteiger partial charge in [0.1, 0.15) is 40.4 Å². The molecule has 6 aromatic carbocycles. The molecule has 0 spiro atoms. The third kappa shape index (κ3) is 4.24. The molecule has 0 aliphatic carbocycles. The van der Waals surface area contributed by atoms with Crippen LogP contribution in [0.2, 0.25) is 0 Å². The van der Waals surface area contributed by atoms with Crippen LogP contribution in [0.25, 0.3) is 66.0 Å². The van der Waals surface area contributed by atoms with Crippen LogP contribution in [0.3, 0.4) is 0 Å². The van der Waals surface area contributed by atoms with Gasteiger partial charge < -0.3 is 14.2 Å². The van der Waals surface area contributed by atoms with Crippen LogP contribution in [0.15, 0.2) is 159 Å². The highest BCUT2D eigenvalue weighted by Gasteiger charge is 2.29. The number of aromatic nitrogens is 1. The maximum atomic E-state index is 6.40. The molecule has 2 N–H and O–H groups in total. The molecule has 6 heteroatoms. The molecule has 9 aromatic rings. The molecule has 0 amide bonds. The molecule has 1 aliphatic rings. The van der Waals surface area contributed by atoms with Crippen molar-refractivity contribution in [3.63, 3.8) is 0 Å². The zero-order chi connectivity index (χ0) is 31.6. The van der Waals surface area contributed by atoms with Crippen molar-refractivity contribution in [2.75, 3.05) is 0 Å². The number of amidine groups is 1. The van der Waals surface area contributed by atoms with Crippen LogP contribution in [0.1, 0.15) is 29.0 Å². The molecule has 4 heterocycles. The van der Waals surface area contributed by atoms with Crippen molar-refractivity contribution < 1.29 is 8.83 Å². The Labute approximate surface area is 275 Å². The van der Waals surface area contributed by atoms with Gasteiger partial charge >= 0.3 is 0 Å². The van der Waals surface area contributed by atoms with Crippen LogP contribution < -0.4 is 10.6 Å². The number of rotatable bonds is 4. The summed E-state index contributed by atoms with van der Waals surface area (Å²) in [6.07, 6.45) is -0.614. The number of aliphatic imine (C=N–C) groups is 1. The van der Waals surface area contributed by atoms with Crippen molar-refractivity contribution >= 4 is 60.7 Å². The van der Waals surface area contributed by atoms with E-state index in [0.717, 1.165) is 88.6 Å². The van der Waals surface area contributed by atoms with Gasteiger partial charge in [0.25, 0.3) is 0 Å². The molecule has 0 radical (unpaired) electrons. The highest BCUT2D eigenvalue weighted by Crippen LogP contribution is 2.41. The summed E-state index contributed by atoms with van der Waals surface area (Å²) in [7, 11) is 0. The summed E-state index contributed by atoms with van der Waals surface area (Å²) in [5.74, 6) is 0.823. The summed E-state index contributed by atoms with van der Waals surface area (Å²) in [6, 6.07) is 49.8. The van der Waals surface area contributed by atoms with Gasteiger partial charge in [-0.3, -0.25) is 5.32 Å². The van der Waals surface area contributed by atoms with E-state index in [-0.39, 0.29) is 12.3 Å². The van der Waals surface area contributed by atoms with E-state index in [1.165, 1.54) is 0 Å². The van der Waals surface area contributed by atoms with Crippen molar-refractivity contribution in [3.05, 3.63) is 162 Å². The number of pyridine rings is 1. The van der Waals surface area contributed by atoms with Gasteiger partial charge in [-0.25, -0.2) is 9.98 Å². The Morgan fingerprint density at radius 2 is 1.23 bits per heavy atom. The molecule has 0 fully saturated rings. The predicted molar refractivity (Wildman–Crippen MR) is 193 cm³/mol. The van der Waals surface area contributed by atoms with Gasteiger partial charge in [-0.05, 0) is 47.0 Å². The van der Waals surface area contributed by atoms with E-state index in [1.807, 2.05) is 66.7 Å². The van der Waals surface area contributed by atoms with Gasteiger partial charge in [0.05, 0.1) is 10.9 Å². The van der Waals surface area contributed by atoms with Gasteiger partial charge in [0.15, 0.2) is 5.58 Å². The second-order valence-corrected chi connectivity index (χ2v) is 12.2. The van der Waals surface area contributed by atoms with Gasteiger partial charge in [-0.15, -0.1) is 0 Å². The topological polar surface area (TPSA) is 75.6 Å². The summed E-state index contributed by atoms with van der Waals surface area (Å²) in [5.41, 5.74) is 10.4. The maximum absolute atomic E-state index is 6.40. The molecule has 3 aromatic heterocycles. The fourth-order valence-corrected chi connectivity index (χ4v) is 7.20. The van der Waals surface area contributed by atoms with Gasteiger partial charge in [0, 0.05) is 27.3 Å². The summed E-state index contributed by atoms with van der Waals surface area (Å²) in [5, 5.41) is 11.8. The largest absolute Gasteiger partial charge is 0.456 e. The first-order chi connectivity index (χ1) is 23.8. The highest BCUT2D eigenvalue weighted by molar-refractivity contribution is 6.13. The molecule has 0 bridgehead atoms. The average molecular weight is 621 g/mol. The van der Waals surface area contributed by atoms with Crippen LogP contribution in [0.4, 0.5) is 0 Å². The molecular weight excluding hydrogens is 592 g/mol. The second-order valence-electron chi connectivity index (χ2n) is 12.2. The molecule has 6 nitrogen and oxygen atoms in total. The quantitative estimate of drug-likeness (QED) is 0.205. The van der Waals surface area contributed by atoms with Crippen LogP contribution in [-0.4, -0.2) is 10.8 Å². The van der Waals surface area contributed by atoms with E-state index in [0.29, 0.717) is 0 Å². The lowest BCUT2D eigenvalue weighted by atomic mass is 9.94. The third-order valence-corrected chi connectivity index (χ3v) is 9.37. The minimum atomic E-state index is -0.345. The van der Waals surface area contributed by atoms with E-state index in [1.54, 1.807) is 0 Å². The van der Waals surface area contributed by atoms with Crippen LogP contribution in [0.5, 0.6) is 0 Å². The van der Waals surface area contributed by atoms with Crippen molar-refractivity contribution in [2.24, 2.45) is 4.99 Å². The van der Waals surface area contributed by atoms with Crippen LogP contribution in [-0.2, 0) is 0 Å². The SMILES string of the molecule is c1ccc(C2=NC(c3cccc4oc5ccccc5c34)NC(c3ccccc3-c3cccc4oc5cc6ccccc6nc5c34)N2)cc1. The Kier molecular flexibility index (Phi) is 5.98. The first kappa shape index (κ1) is 26.9. The minimum absolute atomic E-state index is 0.269. The Bertz CT molecular complexity index is 2710. The summed E-state index contributed by atoms with van der Waals surface area (Å²) in [4.78, 5) is 10.4. The minimum Gasteiger partial charge on any atom is -0.456 e. The zero-order valence-electron chi connectivity index (χ0n) is 25.7.